The first kappa shape index (κ1) is 48.4. The number of aryl methyl sites for hydroxylation is 1. The number of amides is 1. The molecule has 0 aliphatic heterocycles. The van der Waals surface area contributed by atoms with E-state index in [1.165, 1.54) is 103 Å². The highest BCUT2D eigenvalue weighted by atomic mass is 31.2. The molecule has 0 spiro atoms. The Labute approximate surface area is 361 Å². The minimum absolute atomic E-state index is 0.144. The number of unbranched alkanes of at least 4 members (excludes halogenated alkanes) is 11. The van der Waals surface area contributed by atoms with E-state index in [9.17, 15) is 4.79 Å². The zero-order valence-electron chi connectivity index (χ0n) is 37.7. The molecule has 1 aromatic heterocycles. The predicted octanol–water partition coefficient (Wildman–Crippen LogP) is 14.3. The molecule has 0 saturated heterocycles. The van der Waals surface area contributed by atoms with E-state index in [-0.39, 0.29) is 17.9 Å². The first-order valence-electron chi connectivity index (χ1n) is 23.7. The summed E-state index contributed by atoms with van der Waals surface area (Å²) in [5.74, 6) is -0.533. The van der Waals surface area contributed by atoms with Crippen molar-refractivity contribution in [1.82, 2.24) is 4.57 Å². The topological polar surface area (TPSA) is 66.5 Å². The van der Waals surface area contributed by atoms with Gasteiger partial charge in [-0.2, -0.15) is 0 Å². The molecule has 59 heavy (non-hydrogen) atoms. The summed E-state index contributed by atoms with van der Waals surface area (Å²) in [7, 11) is -1.24. The van der Waals surface area contributed by atoms with Crippen molar-refractivity contribution < 1.29 is 13.8 Å². The molecule has 1 heterocycles. The van der Waals surface area contributed by atoms with E-state index in [4.69, 9.17) is 14.8 Å². The Bertz CT molecular complexity index is 1710. The van der Waals surface area contributed by atoms with Gasteiger partial charge in [0, 0.05) is 23.1 Å². The summed E-state index contributed by atoms with van der Waals surface area (Å²) in [6, 6.07) is 30.8. The minimum atomic E-state index is -1.24. The molecule has 1 amide bonds. The van der Waals surface area contributed by atoms with Crippen LogP contribution in [0.1, 0.15) is 195 Å². The largest absolute Gasteiger partial charge is 0.369 e. The normalized spacial score (nSPS) is 12.6. The van der Waals surface area contributed by atoms with Gasteiger partial charge < -0.3 is 19.3 Å². The molecule has 0 aliphatic carbocycles. The third kappa shape index (κ3) is 15.3. The first-order chi connectivity index (χ1) is 29.0. The molecule has 0 saturated carbocycles. The van der Waals surface area contributed by atoms with Crippen LogP contribution in [0.25, 0.3) is 0 Å². The van der Waals surface area contributed by atoms with Crippen molar-refractivity contribution in [1.29, 1.82) is 0 Å². The molecule has 4 rings (SSSR count). The number of hydrogen-bond acceptors (Lipinski definition) is 3. The summed E-state index contributed by atoms with van der Waals surface area (Å²) in [5.41, 5.74) is 15.5. The van der Waals surface area contributed by atoms with Crippen LogP contribution in [0.2, 0.25) is 0 Å². The maximum Gasteiger partial charge on any atom is 0.225 e. The Kier molecular flexibility index (Phi) is 23.2. The van der Waals surface area contributed by atoms with Crippen LogP contribution in [-0.2, 0) is 39.5 Å². The zero-order chi connectivity index (χ0) is 42.1. The van der Waals surface area contributed by atoms with Gasteiger partial charge in [0.2, 0.25) is 14.3 Å². The molecule has 2 N–H and O–H groups in total. The molecule has 5 nitrogen and oxygen atoms in total. The number of nitrogens with zero attached hydrogens (tertiary/aromatic N) is 1. The monoisotopic (exact) mass is 823 g/mol. The summed E-state index contributed by atoms with van der Waals surface area (Å²) in [6.07, 6.45) is 23.7. The van der Waals surface area contributed by atoms with Crippen LogP contribution in [-0.4, -0.2) is 23.7 Å². The van der Waals surface area contributed by atoms with Gasteiger partial charge in [-0.05, 0) is 85.3 Å². The van der Waals surface area contributed by atoms with Crippen LogP contribution < -0.4 is 11.0 Å². The standard InChI is InChI=1S/C53H79N2O3P/c1-6-11-12-13-14-15-16-17-18-19-20-27-37-46(53(54)56)52-47(42-45-36-28-29-39-51(45)59(57-40-7-2)58-41-8-3)48(9-4)55(49(52)10-5)50(44-34-25-22-26-35-44)38-30-33-43-31-23-21-24-32-43/h21-26,28-29,31-32,34-36,39,46,50H,6-20,27,30,33,37-38,40-42H2,1-5H3,(H2,54,56). The zero-order valence-corrected chi connectivity index (χ0v) is 38.6. The third-order valence-electron chi connectivity index (χ3n) is 11.9. The number of carbonyl (C=O) groups excluding carboxylic acids is 1. The van der Waals surface area contributed by atoms with E-state index in [0.29, 0.717) is 19.6 Å². The molecule has 0 aliphatic rings. The van der Waals surface area contributed by atoms with Gasteiger partial charge in [-0.1, -0.05) is 191 Å². The average molecular weight is 823 g/mol. The van der Waals surface area contributed by atoms with Crippen LogP contribution in [0.15, 0.2) is 84.9 Å². The summed E-state index contributed by atoms with van der Waals surface area (Å²) in [4.78, 5) is 13.9. The van der Waals surface area contributed by atoms with Gasteiger partial charge in [0.05, 0.1) is 25.2 Å². The molecule has 0 fully saturated rings. The Morgan fingerprint density at radius 2 is 1.15 bits per heavy atom. The molecule has 4 aromatic rings. The second-order valence-electron chi connectivity index (χ2n) is 16.5. The second-order valence-corrected chi connectivity index (χ2v) is 18.0. The van der Waals surface area contributed by atoms with Gasteiger partial charge in [0.15, 0.2) is 0 Å². The maximum absolute atomic E-state index is 13.9. The Morgan fingerprint density at radius 1 is 0.610 bits per heavy atom. The quantitative estimate of drug-likeness (QED) is 0.0394. The van der Waals surface area contributed by atoms with Gasteiger partial charge in [-0.25, -0.2) is 0 Å². The third-order valence-corrected chi connectivity index (χ3v) is 13.6. The molecule has 3 aromatic carbocycles. The van der Waals surface area contributed by atoms with Gasteiger partial charge in [-0.15, -0.1) is 0 Å². The van der Waals surface area contributed by atoms with Gasteiger partial charge in [0.25, 0.3) is 0 Å². The number of carbonyl (C=O) groups is 1. The summed E-state index contributed by atoms with van der Waals surface area (Å²) in [5, 5.41) is 1.14. The number of benzene rings is 3. The van der Waals surface area contributed by atoms with Crippen molar-refractivity contribution >= 4 is 19.6 Å². The van der Waals surface area contributed by atoms with Crippen LogP contribution in [0, 0.1) is 0 Å². The van der Waals surface area contributed by atoms with Crippen molar-refractivity contribution in [2.24, 2.45) is 5.73 Å². The Hall–Kier alpha value is -3.24. The molecule has 0 radical (unpaired) electrons. The molecule has 2 unspecified atom stereocenters. The second kappa shape index (κ2) is 28.3. The van der Waals surface area contributed by atoms with Crippen molar-refractivity contribution in [3.63, 3.8) is 0 Å². The van der Waals surface area contributed by atoms with Crippen LogP contribution in [0.4, 0.5) is 0 Å². The first-order valence-corrected chi connectivity index (χ1v) is 24.9. The number of aromatic nitrogens is 1. The summed E-state index contributed by atoms with van der Waals surface area (Å²) < 4.78 is 15.6. The van der Waals surface area contributed by atoms with Crippen molar-refractivity contribution in [3.8, 4) is 0 Å². The average Bonchev–Trinajstić information content (AvgIpc) is 3.56. The number of hydrogen-bond donors (Lipinski definition) is 1. The van der Waals surface area contributed by atoms with E-state index in [2.05, 4.69) is 124 Å². The molecular formula is C53H79N2O3P. The van der Waals surface area contributed by atoms with Crippen molar-refractivity contribution in [2.75, 3.05) is 13.2 Å². The van der Waals surface area contributed by atoms with E-state index in [1.54, 1.807) is 0 Å². The minimum Gasteiger partial charge on any atom is -0.369 e. The lowest BCUT2D eigenvalue weighted by Crippen LogP contribution is -2.24. The van der Waals surface area contributed by atoms with E-state index in [0.717, 1.165) is 69.5 Å². The smallest absolute Gasteiger partial charge is 0.225 e. The fraction of sp³-hybridized carbons (Fsp3) is 0.566. The van der Waals surface area contributed by atoms with Gasteiger partial charge in [0.1, 0.15) is 0 Å². The number of primary amides is 1. The van der Waals surface area contributed by atoms with Crippen LogP contribution in [0.5, 0.6) is 0 Å². The van der Waals surface area contributed by atoms with E-state index >= 15 is 0 Å². The predicted molar refractivity (Wildman–Crippen MR) is 253 cm³/mol. The fourth-order valence-corrected chi connectivity index (χ4v) is 10.6. The highest BCUT2D eigenvalue weighted by Crippen LogP contribution is 2.43. The van der Waals surface area contributed by atoms with Gasteiger partial charge >= 0.3 is 0 Å². The number of nitrogens with two attached hydrogens (primary N) is 1. The van der Waals surface area contributed by atoms with Crippen molar-refractivity contribution in [3.05, 3.63) is 124 Å². The van der Waals surface area contributed by atoms with Crippen LogP contribution in [0.3, 0.4) is 0 Å². The highest BCUT2D eigenvalue weighted by molar-refractivity contribution is 7.56. The molecule has 2 atom stereocenters. The lowest BCUT2D eigenvalue weighted by atomic mass is 9.86. The molecular weight excluding hydrogens is 744 g/mol. The molecule has 6 heteroatoms. The Balaban J connectivity index is 1.73. The van der Waals surface area contributed by atoms with Gasteiger partial charge in [-0.3, -0.25) is 4.79 Å². The lowest BCUT2D eigenvalue weighted by Gasteiger charge is -2.26. The van der Waals surface area contributed by atoms with E-state index in [1.807, 2.05) is 0 Å². The Morgan fingerprint density at radius 3 is 1.71 bits per heavy atom. The fourth-order valence-electron chi connectivity index (χ4n) is 8.93. The van der Waals surface area contributed by atoms with Crippen LogP contribution >= 0.6 is 8.38 Å². The highest BCUT2D eigenvalue weighted by Gasteiger charge is 2.33. The summed E-state index contributed by atoms with van der Waals surface area (Å²) in [6.45, 7) is 12.5. The lowest BCUT2D eigenvalue weighted by molar-refractivity contribution is -0.119. The van der Waals surface area contributed by atoms with E-state index < -0.39 is 8.38 Å². The number of rotatable bonds is 32. The molecule has 0 bridgehead atoms. The SMILES string of the molecule is CCCCCCCCCCCCCCC(C(N)=O)c1c(Cc2ccccc2P(OCCC)OCCC)c(CC)n(C(CCCc2ccccc2)c2ccccc2)c1CC. The maximum atomic E-state index is 13.9. The molecule has 324 valence electrons. The van der Waals surface area contributed by atoms with Crippen molar-refractivity contribution in [2.45, 2.75) is 181 Å². The summed E-state index contributed by atoms with van der Waals surface area (Å²) >= 11 is 0.